The maximum atomic E-state index is 12.7. The fourth-order valence-corrected chi connectivity index (χ4v) is 2.64. The number of ketones is 1. The number of carbonyl (C=O) groups is 1. The molecule has 0 fully saturated rings. The smallest absolute Gasteiger partial charge is 0.299 e. The average molecular weight is 408 g/mol. The summed E-state index contributed by atoms with van der Waals surface area (Å²) >= 11 is 3.30. The van der Waals surface area contributed by atoms with Gasteiger partial charge in [-0.25, -0.2) is 4.98 Å². The molecule has 2 rings (SSSR count). The number of allylic oxidation sites excluding steroid dienone is 1. The van der Waals surface area contributed by atoms with Crippen molar-refractivity contribution in [3.63, 3.8) is 0 Å². The first kappa shape index (κ1) is 18.9. The zero-order valence-electron chi connectivity index (χ0n) is 13.7. The van der Waals surface area contributed by atoms with Crippen molar-refractivity contribution in [1.29, 1.82) is 0 Å². The summed E-state index contributed by atoms with van der Waals surface area (Å²) in [5.74, 6) is -0.365. The van der Waals surface area contributed by atoms with Gasteiger partial charge in [-0.05, 0) is 18.6 Å². The topological polar surface area (TPSA) is 87.3 Å². The second kappa shape index (κ2) is 9.12. The maximum absolute atomic E-state index is 12.7. The molecule has 1 heterocycles. The van der Waals surface area contributed by atoms with E-state index in [-0.39, 0.29) is 11.5 Å². The van der Waals surface area contributed by atoms with E-state index < -0.39 is 11.1 Å². The van der Waals surface area contributed by atoms with Crippen LogP contribution in [-0.2, 0) is 9.63 Å². The van der Waals surface area contributed by atoms with E-state index in [1.54, 1.807) is 47.6 Å². The number of imidazole rings is 1. The first-order valence-corrected chi connectivity index (χ1v) is 8.62. The number of halogens is 1. The standard InChI is InChI=1S/C17H18BrN3O4/c1-2-3-4-15(20-10-9-19-12-20)16(22)11-17(25-21(23)24)13-5-7-14(18)8-6-13/h5-12,15H,2-4H2,1H3/b17-11-. The van der Waals surface area contributed by atoms with E-state index in [0.717, 1.165) is 17.3 Å². The van der Waals surface area contributed by atoms with Crippen LogP contribution in [0.15, 0.2) is 53.5 Å². The molecule has 25 heavy (non-hydrogen) atoms. The van der Waals surface area contributed by atoms with Crippen molar-refractivity contribution in [3.05, 3.63) is 69.2 Å². The third-order valence-corrected chi connectivity index (χ3v) is 4.15. The Morgan fingerprint density at radius 3 is 2.72 bits per heavy atom. The first-order chi connectivity index (χ1) is 12.0. The Bertz CT molecular complexity index is 742. The lowest BCUT2D eigenvalue weighted by Crippen LogP contribution is -2.17. The lowest BCUT2D eigenvalue weighted by Gasteiger charge is -2.16. The Morgan fingerprint density at radius 1 is 1.44 bits per heavy atom. The van der Waals surface area contributed by atoms with Gasteiger partial charge in [0.05, 0.1) is 12.4 Å². The molecule has 0 N–H and O–H groups in total. The van der Waals surface area contributed by atoms with E-state index in [1.165, 1.54) is 6.08 Å². The molecule has 7 nitrogen and oxygen atoms in total. The minimum Gasteiger partial charge on any atom is -0.327 e. The molecule has 0 spiro atoms. The molecule has 0 radical (unpaired) electrons. The van der Waals surface area contributed by atoms with Gasteiger partial charge in [0.15, 0.2) is 5.78 Å². The molecule has 0 bridgehead atoms. The van der Waals surface area contributed by atoms with Crippen molar-refractivity contribution in [1.82, 2.24) is 9.55 Å². The second-order valence-electron chi connectivity index (χ2n) is 5.40. The van der Waals surface area contributed by atoms with Gasteiger partial charge in [0.1, 0.15) is 5.76 Å². The highest BCUT2D eigenvalue weighted by Gasteiger charge is 2.20. The van der Waals surface area contributed by atoms with Crippen LogP contribution in [0.1, 0.15) is 37.8 Å². The highest BCUT2D eigenvalue weighted by atomic mass is 79.9. The number of rotatable bonds is 9. The normalized spacial score (nSPS) is 12.6. The summed E-state index contributed by atoms with van der Waals surface area (Å²) in [7, 11) is 0. The number of nitrogens with zero attached hydrogens (tertiary/aromatic N) is 3. The van der Waals surface area contributed by atoms with Crippen LogP contribution in [-0.4, -0.2) is 20.4 Å². The molecule has 1 aromatic carbocycles. The Morgan fingerprint density at radius 2 is 2.16 bits per heavy atom. The number of benzene rings is 1. The van der Waals surface area contributed by atoms with Gasteiger partial charge in [-0.1, -0.05) is 47.8 Å². The molecule has 132 valence electrons. The number of unbranched alkanes of at least 4 members (excludes halogenated alkanes) is 1. The zero-order chi connectivity index (χ0) is 18.2. The third-order valence-electron chi connectivity index (χ3n) is 3.62. The highest BCUT2D eigenvalue weighted by Crippen LogP contribution is 2.23. The predicted octanol–water partition coefficient (Wildman–Crippen LogP) is 4.20. The van der Waals surface area contributed by atoms with E-state index >= 15 is 0 Å². The van der Waals surface area contributed by atoms with Crippen LogP contribution < -0.4 is 0 Å². The molecule has 2 aromatic rings. The van der Waals surface area contributed by atoms with Gasteiger partial charge in [0.2, 0.25) is 0 Å². The second-order valence-corrected chi connectivity index (χ2v) is 6.32. The minimum atomic E-state index is -0.917. The average Bonchev–Trinajstić information content (AvgIpc) is 3.09. The molecular formula is C17H18BrN3O4. The molecule has 8 heteroatoms. The van der Waals surface area contributed by atoms with Crippen LogP contribution in [0.5, 0.6) is 0 Å². The van der Waals surface area contributed by atoms with Gasteiger partial charge in [-0.15, -0.1) is 10.1 Å². The van der Waals surface area contributed by atoms with Crippen molar-refractivity contribution >= 4 is 27.5 Å². The Hall–Kier alpha value is -2.48. The molecular weight excluding hydrogens is 390 g/mol. The summed E-state index contributed by atoms with van der Waals surface area (Å²) in [5.41, 5.74) is 0.452. The van der Waals surface area contributed by atoms with Crippen LogP contribution in [0.25, 0.3) is 5.76 Å². The predicted molar refractivity (Wildman–Crippen MR) is 96.0 cm³/mol. The maximum Gasteiger partial charge on any atom is 0.299 e. The number of hydrogen-bond donors (Lipinski definition) is 0. The van der Waals surface area contributed by atoms with Crippen molar-refractivity contribution < 1.29 is 14.7 Å². The monoisotopic (exact) mass is 407 g/mol. The largest absolute Gasteiger partial charge is 0.327 e. The van der Waals surface area contributed by atoms with E-state index in [1.807, 2.05) is 6.92 Å². The summed E-state index contributed by atoms with van der Waals surface area (Å²) in [6.07, 6.45) is 8.47. The first-order valence-electron chi connectivity index (χ1n) is 7.82. The van der Waals surface area contributed by atoms with Crippen molar-refractivity contribution in [3.8, 4) is 0 Å². The third kappa shape index (κ3) is 5.53. The molecule has 0 amide bonds. The van der Waals surface area contributed by atoms with Gasteiger partial charge in [0.25, 0.3) is 5.09 Å². The van der Waals surface area contributed by atoms with Crippen LogP contribution in [0.3, 0.4) is 0 Å². The molecule has 1 aromatic heterocycles. The van der Waals surface area contributed by atoms with E-state index in [4.69, 9.17) is 0 Å². The molecule has 0 aliphatic rings. The summed E-state index contributed by atoms with van der Waals surface area (Å²) in [6.45, 7) is 2.04. The molecule has 0 aliphatic carbocycles. The van der Waals surface area contributed by atoms with E-state index in [2.05, 4.69) is 25.8 Å². The lowest BCUT2D eigenvalue weighted by molar-refractivity contribution is -0.730. The number of carbonyl (C=O) groups excluding carboxylic acids is 1. The SMILES string of the molecule is CCCCC(C(=O)/C=C(\O[N+](=O)[O-])c1ccc(Br)cc1)n1ccnc1. The zero-order valence-corrected chi connectivity index (χ0v) is 15.3. The Kier molecular flexibility index (Phi) is 6.88. The van der Waals surface area contributed by atoms with Crippen LogP contribution >= 0.6 is 15.9 Å². The van der Waals surface area contributed by atoms with Crippen molar-refractivity contribution in [2.75, 3.05) is 0 Å². The quantitative estimate of drug-likeness (QED) is 0.269. The fourth-order valence-electron chi connectivity index (χ4n) is 2.37. The lowest BCUT2D eigenvalue weighted by atomic mass is 10.0. The number of hydrogen-bond acceptors (Lipinski definition) is 5. The van der Waals surface area contributed by atoms with Gasteiger partial charge < -0.3 is 4.57 Å². The minimum absolute atomic E-state index is 0.0934. The van der Waals surface area contributed by atoms with E-state index in [9.17, 15) is 14.9 Å². The van der Waals surface area contributed by atoms with E-state index in [0.29, 0.717) is 12.0 Å². The molecule has 0 saturated heterocycles. The molecule has 0 saturated carbocycles. The number of aromatic nitrogens is 2. The van der Waals surface area contributed by atoms with Gasteiger partial charge >= 0.3 is 0 Å². The van der Waals surface area contributed by atoms with Crippen molar-refractivity contribution in [2.45, 2.75) is 32.2 Å². The van der Waals surface area contributed by atoms with Crippen molar-refractivity contribution in [2.24, 2.45) is 0 Å². The molecule has 1 atom stereocenters. The molecule has 1 unspecified atom stereocenters. The summed E-state index contributed by atoms with van der Waals surface area (Å²) in [5, 5.41) is 9.89. The van der Waals surface area contributed by atoms with Crippen LogP contribution in [0.4, 0.5) is 0 Å². The van der Waals surface area contributed by atoms with Gasteiger partial charge in [-0.3, -0.25) is 9.63 Å². The Labute approximate surface area is 153 Å². The highest BCUT2D eigenvalue weighted by molar-refractivity contribution is 9.10. The molecule has 0 aliphatic heterocycles. The van der Waals surface area contributed by atoms with Gasteiger partial charge in [0, 0.05) is 28.5 Å². The van der Waals surface area contributed by atoms with Crippen LogP contribution in [0, 0.1) is 10.1 Å². The summed E-state index contributed by atoms with van der Waals surface area (Å²) in [6, 6.07) is 6.27. The Balaban J connectivity index is 2.33. The summed E-state index contributed by atoms with van der Waals surface area (Å²) in [4.78, 5) is 32.2. The van der Waals surface area contributed by atoms with Gasteiger partial charge in [-0.2, -0.15) is 0 Å². The summed E-state index contributed by atoms with van der Waals surface area (Å²) < 4.78 is 2.53. The fraction of sp³-hybridized carbons (Fsp3) is 0.294. The van der Waals surface area contributed by atoms with Crippen LogP contribution in [0.2, 0.25) is 0 Å².